The van der Waals surface area contributed by atoms with Crippen molar-refractivity contribution in [2.45, 2.75) is 38.3 Å². The van der Waals surface area contributed by atoms with E-state index in [1.165, 1.54) is 16.2 Å². The van der Waals surface area contributed by atoms with Crippen molar-refractivity contribution in [2.75, 3.05) is 7.05 Å². The summed E-state index contributed by atoms with van der Waals surface area (Å²) in [5.74, 6) is 0. The average Bonchev–Trinajstić information content (AvgIpc) is 2.96. The highest BCUT2D eigenvalue weighted by molar-refractivity contribution is 7.89. The third-order valence-corrected chi connectivity index (χ3v) is 6.76. The molecule has 0 amide bonds. The molecule has 2 aromatic heterocycles. The van der Waals surface area contributed by atoms with E-state index < -0.39 is 10.0 Å². The van der Waals surface area contributed by atoms with Gasteiger partial charge in [0, 0.05) is 32.6 Å². The van der Waals surface area contributed by atoms with Gasteiger partial charge in [0.05, 0.1) is 4.90 Å². The fourth-order valence-corrected chi connectivity index (χ4v) is 5.75. The van der Waals surface area contributed by atoms with Crippen molar-refractivity contribution in [3.8, 4) is 0 Å². The first kappa shape index (κ1) is 16.6. The molecule has 0 aliphatic rings. The molecule has 2 heterocycles. The van der Waals surface area contributed by atoms with Crippen LogP contribution in [0.25, 0.3) is 0 Å². The Kier molecular flexibility index (Phi) is 5.21. The second-order valence-electron chi connectivity index (χ2n) is 4.99. The van der Waals surface area contributed by atoms with Crippen molar-refractivity contribution in [1.82, 2.24) is 10.0 Å². The molecule has 1 atom stereocenters. The lowest BCUT2D eigenvalue weighted by atomic mass is 10.1. The number of sulfonamides is 1. The Morgan fingerprint density at radius 2 is 2.00 bits per heavy atom. The van der Waals surface area contributed by atoms with Crippen LogP contribution in [0.5, 0.6) is 0 Å². The first-order valence-electron chi connectivity index (χ1n) is 6.64. The maximum absolute atomic E-state index is 12.4. The molecule has 1 unspecified atom stereocenters. The van der Waals surface area contributed by atoms with Gasteiger partial charge in [-0.05, 0) is 45.5 Å². The maximum atomic E-state index is 12.4. The standard InChI is InChI=1S/C14H20N2O2S3/c1-9-5-14(11(3)20-9)10(2)16-21(17,18)13-6-12(7-15-4)19-8-13/h5-6,8,10,15-16H,7H2,1-4H3. The molecule has 0 fully saturated rings. The lowest BCUT2D eigenvalue weighted by molar-refractivity contribution is 0.567. The summed E-state index contributed by atoms with van der Waals surface area (Å²) in [5.41, 5.74) is 1.05. The van der Waals surface area contributed by atoms with Crippen molar-refractivity contribution in [3.05, 3.63) is 37.7 Å². The van der Waals surface area contributed by atoms with Gasteiger partial charge in [-0.15, -0.1) is 22.7 Å². The summed E-state index contributed by atoms with van der Waals surface area (Å²) in [7, 11) is -1.63. The van der Waals surface area contributed by atoms with Crippen LogP contribution in [0.15, 0.2) is 22.4 Å². The van der Waals surface area contributed by atoms with E-state index in [1.807, 2.05) is 33.9 Å². The highest BCUT2D eigenvalue weighted by Gasteiger charge is 2.21. The number of rotatable bonds is 6. The van der Waals surface area contributed by atoms with Crippen LogP contribution in [0.2, 0.25) is 0 Å². The molecule has 0 aromatic carbocycles. The predicted octanol–water partition coefficient (Wildman–Crippen LogP) is 3.19. The average molecular weight is 345 g/mol. The van der Waals surface area contributed by atoms with E-state index >= 15 is 0 Å². The lowest BCUT2D eigenvalue weighted by Crippen LogP contribution is -2.26. The molecule has 0 radical (unpaired) electrons. The van der Waals surface area contributed by atoms with E-state index in [0.717, 1.165) is 15.3 Å². The second-order valence-corrected chi connectivity index (χ2v) is 9.16. The molecule has 2 rings (SSSR count). The zero-order valence-electron chi connectivity index (χ0n) is 12.6. The summed E-state index contributed by atoms with van der Waals surface area (Å²) >= 11 is 3.14. The van der Waals surface area contributed by atoms with E-state index in [-0.39, 0.29) is 6.04 Å². The molecule has 0 saturated carbocycles. The van der Waals surface area contributed by atoms with Gasteiger partial charge in [-0.25, -0.2) is 13.1 Å². The molecule has 21 heavy (non-hydrogen) atoms. The zero-order chi connectivity index (χ0) is 15.6. The summed E-state index contributed by atoms with van der Waals surface area (Å²) in [4.78, 5) is 3.70. The van der Waals surface area contributed by atoms with Crippen molar-refractivity contribution in [1.29, 1.82) is 0 Å². The van der Waals surface area contributed by atoms with Gasteiger partial charge in [0.2, 0.25) is 10.0 Å². The second kappa shape index (κ2) is 6.58. The van der Waals surface area contributed by atoms with Crippen LogP contribution in [0.3, 0.4) is 0 Å². The van der Waals surface area contributed by atoms with Crippen LogP contribution in [-0.4, -0.2) is 15.5 Å². The van der Waals surface area contributed by atoms with Gasteiger partial charge >= 0.3 is 0 Å². The van der Waals surface area contributed by atoms with E-state index in [9.17, 15) is 8.42 Å². The Morgan fingerprint density at radius 3 is 2.57 bits per heavy atom. The lowest BCUT2D eigenvalue weighted by Gasteiger charge is -2.13. The third kappa shape index (κ3) is 3.92. The van der Waals surface area contributed by atoms with Crippen LogP contribution < -0.4 is 10.0 Å². The highest BCUT2D eigenvalue weighted by Crippen LogP contribution is 2.28. The molecule has 2 N–H and O–H groups in total. The molecular formula is C14H20N2O2S3. The van der Waals surface area contributed by atoms with Crippen molar-refractivity contribution in [3.63, 3.8) is 0 Å². The Bertz CT molecular complexity index is 716. The third-order valence-electron chi connectivity index (χ3n) is 3.17. The first-order valence-corrected chi connectivity index (χ1v) is 9.82. The number of hydrogen-bond donors (Lipinski definition) is 2. The SMILES string of the molecule is CNCc1cc(S(=O)(=O)NC(C)c2cc(C)sc2C)cs1. The topological polar surface area (TPSA) is 58.2 Å². The minimum atomic E-state index is -3.48. The van der Waals surface area contributed by atoms with Crippen molar-refractivity contribution >= 4 is 32.7 Å². The highest BCUT2D eigenvalue weighted by atomic mass is 32.2. The van der Waals surface area contributed by atoms with Crippen LogP contribution in [0, 0.1) is 13.8 Å². The van der Waals surface area contributed by atoms with Crippen LogP contribution in [0.4, 0.5) is 0 Å². The molecule has 4 nitrogen and oxygen atoms in total. The van der Waals surface area contributed by atoms with Gasteiger partial charge in [-0.3, -0.25) is 0 Å². The summed E-state index contributed by atoms with van der Waals surface area (Å²) < 4.78 is 27.6. The smallest absolute Gasteiger partial charge is 0.241 e. The van der Waals surface area contributed by atoms with E-state index in [1.54, 1.807) is 22.8 Å². The monoisotopic (exact) mass is 344 g/mol. The van der Waals surface area contributed by atoms with Crippen molar-refractivity contribution < 1.29 is 8.42 Å². The van der Waals surface area contributed by atoms with Crippen LogP contribution in [-0.2, 0) is 16.6 Å². The van der Waals surface area contributed by atoms with Crippen molar-refractivity contribution in [2.24, 2.45) is 0 Å². The molecule has 7 heteroatoms. The number of hydrogen-bond acceptors (Lipinski definition) is 5. The summed E-state index contributed by atoms with van der Waals surface area (Å²) in [6, 6.07) is 3.54. The Morgan fingerprint density at radius 1 is 1.29 bits per heavy atom. The maximum Gasteiger partial charge on any atom is 0.241 e. The summed E-state index contributed by atoms with van der Waals surface area (Å²) in [6.45, 7) is 6.62. The first-order chi connectivity index (χ1) is 9.83. The van der Waals surface area contributed by atoms with Gasteiger partial charge in [-0.2, -0.15) is 0 Å². The number of aryl methyl sites for hydroxylation is 2. The fraction of sp³-hybridized carbons (Fsp3) is 0.429. The largest absolute Gasteiger partial charge is 0.315 e. The molecule has 2 aromatic rings. The van der Waals surface area contributed by atoms with Crippen LogP contribution in [0.1, 0.15) is 33.2 Å². The van der Waals surface area contributed by atoms with E-state index in [2.05, 4.69) is 10.0 Å². The summed E-state index contributed by atoms with van der Waals surface area (Å²) in [5, 5.41) is 4.71. The predicted molar refractivity (Wildman–Crippen MR) is 89.6 cm³/mol. The summed E-state index contributed by atoms with van der Waals surface area (Å²) in [6.07, 6.45) is 0. The van der Waals surface area contributed by atoms with E-state index in [4.69, 9.17) is 0 Å². The quantitative estimate of drug-likeness (QED) is 0.846. The normalized spacial score (nSPS) is 13.5. The molecule has 0 bridgehead atoms. The number of nitrogens with one attached hydrogen (secondary N) is 2. The molecule has 116 valence electrons. The molecule has 0 aliphatic heterocycles. The Labute approximate surface area is 134 Å². The molecule has 0 spiro atoms. The van der Waals surface area contributed by atoms with Gasteiger partial charge < -0.3 is 5.32 Å². The van der Waals surface area contributed by atoms with Crippen LogP contribution >= 0.6 is 22.7 Å². The minimum absolute atomic E-state index is 0.229. The van der Waals surface area contributed by atoms with Gasteiger partial charge in [0.25, 0.3) is 0 Å². The Hall–Kier alpha value is -0.730. The molecular weight excluding hydrogens is 324 g/mol. The Balaban J connectivity index is 2.18. The minimum Gasteiger partial charge on any atom is -0.315 e. The van der Waals surface area contributed by atoms with Gasteiger partial charge in [0.1, 0.15) is 0 Å². The number of thiophene rings is 2. The zero-order valence-corrected chi connectivity index (χ0v) is 15.0. The van der Waals surface area contributed by atoms with E-state index in [0.29, 0.717) is 11.4 Å². The molecule has 0 saturated heterocycles. The molecule has 0 aliphatic carbocycles. The van der Waals surface area contributed by atoms with Gasteiger partial charge in [-0.1, -0.05) is 0 Å². The fourth-order valence-electron chi connectivity index (χ4n) is 2.21. The van der Waals surface area contributed by atoms with Gasteiger partial charge in [0.15, 0.2) is 0 Å².